The largest absolute Gasteiger partial charge is 0.346 e. The van der Waals surface area contributed by atoms with Gasteiger partial charge < -0.3 is 15.1 Å². The summed E-state index contributed by atoms with van der Waals surface area (Å²) in [6, 6.07) is 17.1. The Kier molecular flexibility index (Phi) is 7.11. The van der Waals surface area contributed by atoms with Crippen LogP contribution in [0.4, 0.5) is 5.69 Å². The van der Waals surface area contributed by atoms with E-state index in [-0.39, 0.29) is 0 Å². The standard InChI is InChI=1S/C22H28ClN3S/c1-17-7-6-10-20(21(17)23)24-22(27)26(19-12-14-25(2)15-13-19)16-11-18-8-4-3-5-9-18/h3-10,19H,11-16H2,1-2H3,(H,24,27). The number of likely N-dealkylation sites (tertiary alicyclic amines) is 1. The van der Waals surface area contributed by atoms with Gasteiger partial charge in [-0.2, -0.15) is 0 Å². The number of aryl methyl sites for hydroxylation is 1. The minimum absolute atomic E-state index is 0.466. The van der Waals surface area contributed by atoms with Gasteiger partial charge in [-0.1, -0.05) is 54.1 Å². The minimum Gasteiger partial charge on any atom is -0.346 e. The Hall–Kier alpha value is -1.62. The monoisotopic (exact) mass is 401 g/mol. The highest BCUT2D eigenvalue weighted by atomic mass is 35.5. The van der Waals surface area contributed by atoms with Gasteiger partial charge in [-0.25, -0.2) is 0 Å². The molecule has 0 spiro atoms. The van der Waals surface area contributed by atoms with Gasteiger partial charge in [0.25, 0.3) is 0 Å². The van der Waals surface area contributed by atoms with Crippen LogP contribution in [0.3, 0.4) is 0 Å². The molecule has 3 nitrogen and oxygen atoms in total. The molecule has 0 atom stereocenters. The van der Waals surface area contributed by atoms with Crippen molar-refractivity contribution >= 4 is 34.6 Å². The van der Waals surface area contributed by atoms with Gasteiger partial charge >= 0.3 is 0 Å². The van der Waals surface area contributed by atoms with Crippen molar-refractivity contribution in [1.29, 1.82) is 0 Å². The minimum atomic E-state index is 0.466. The topological polar surface area (TPSA) is 18.5 Å². The fourth-order valence-electron chi connectivity index (χ4n) is 3.58. The summed E-state index contributed by atoms with van der Waals surface area (Å²) in [5, 5.41) is 4.92. The molecule has 0 radical (unpaired) electrons. The Morgan fingerprint density at radius 2 is 1.85 bits per heavy atom. The van der Waals surface area contributed by atoms with E-state index in [9.17, 15) is 0 Å². The fraction of sp³-hybridized carbons (Fsp3) is 0.409. The lowest BCUT2D eigenvalue weighted by Gasteiger charge is -2.39. The molecule has 1 aliphatic rings. The lowest BCUT2D eigenvalue weighted by Crippen LogP contribution is -2.48. The third-order valence-electron chi connectivity index (χ3n) is 5.31. The van der Waals surface area contributed by atoms with Crippen LogP contribution < -0.4 is 5.32 Å². The summed E-state index contributed by atoms with van der Waals surface area (Å²) in [5.74, 6) is 0. The van der Waals surface area contributed by atoms with Crippen LogP contribution >= 0.6 is 23.8 Å². The molecule has 0 saturated carbocycles. The van der Waals surface area contributed by atoms with E-state index >= 15 is 0 Å². The van der Waals surface area contributed by atoms with Crippen molar-refractivity contribution in [3.05, 3.63) is 64.7 Å². The molecule has 0 bridgehead atoms. The van der Waals surface area contributed by atoms with E-state index in [1.807, 2.05) is 25.1 Å². The van der Waals surface area contributed by atoms with Crippen LogP contribution in [0.1, 0.15) is 24.0 Å². The normalized spacial score (nSPS) is 15.5. The predicted octanol–water partition coefficient (Wildman–Crippen LogP) is 4.98. The molecule has 0 unspecified atom stereocenters. The molecule has 1 fully saturated rings. The van der Waals surface area contributed by atoms with Crippen LogP contribution in [-0.2, 0) is 6.42 Å². The highest BCUT2D eigenvalue weighted by molar-refractivity contribution is 7.80. The van der Waals surface area contributed by atoms with Crippen LogP contribution in [0.5, 0.6) is 0 Å². The first kappa shape index (κ1) is 20.1. The first-order valence-corrected chi connectivity index (χ1v) is 10.4. The summed E-state index contributed by atoms with van der Waals surface area (Å²) in [4.78, 5) is 4.76. The summed E-state index contributed by atoms with van der Waals surface area (Å²) >= 11 is 12.3. The van der Waals surface area contributed by atoms with Gasteiger partial charge in [0.15, 0.2) is 5.11 Å². The highest BCUT2D eigenvalue weighted by Gasteiger charge is 2.25. The molecule has 0 aliphatic carbocycles. The number of nitrogens with one attached hydrogen (secondary N) is 1. The van der Waals surface area contributed by atoms with Crippen LogP contribution in [0.15, 0.2) is 48.5 Å². The quantitative estimate of drug-likeness (QED) is 0.711. The maximum atomic E-state index is 6.47. The van der Waals surface area contributed by atoms with Gasteiger partial charge in [-0.05, 0) is 75.7 Å². The second-order valence-corrected chi connectivity index (χ2v) is 8.09. The number of benzene rings is 2. The molecule has 0 amide bonds. The first-order valence-electron chi connectivity index (χ1n) is 9.60. The van der Waals surface area contributed by atoms with E-state index in [2.05, 4.69) is 52.5 Å². The van der Waals surface area contributed by atoms with Crippen molar-refractivity contribution in [3.63, 3.8) is 0 Å². The number of piperidine rings is 1. The lowest BCUT2D eigenvalue weighted by atomic mass is 10.0. The molecule has 0 aromatic heterocycles. The molecule has 1 N–H and O–H groups in total. The van der Waals surface area contributed by atoms with Gasteiger partial charge in [0.05, 0.1) is 10.7 Å². The van der Waals surface area contributed by atoms with Gasteiger partial charge in [0.2, 0.25) is 0 Å². The molecule has 5 heteroatoms. The zero-order valence-corrected chi connectivity index (χ0v) is 17.7. The Balaban J connectivity index is 1.73. The Bertz CT molecular complexity index is 757. The van der Waals surface area contributed by atoms with E-state index in [0.29, 0.717) is 6.04 Å². The summed E-state index contributed by atoms with van der Waals surface area (Å²) < 4.78 is 0. The van der Waals surface area contributed by atoms with E-state index < -0.39 is 0 Å². The number of rotatable bonds is 5. The third-order valence-corrected chi connectivity index (χ3v) is 6.15. The molecule has 144 valence electrons. The Morgan fingerprint density at radius 1 is 1.15 bits per heavy atom. The van der Waals surface area contributed by atoms with Crippen LogP contribution in [0.25, 0.3) is 0 Å². The van der Waals surface area contributed by atoms with E-state index in [1.165, 1.54) is 5.56 Å². The second kappa shape index (κ2) is 9.54. The van der Waals surface area contributed by atoms with Crippen LogP contribution in [0.2, 0.25) is 5.02 Å². The van der Waals surface area contributed by atoms with Crippen molar-refractivity contribution in [1.82, 2.24) is 9.80 Å². The number of anilines is 1. The number of hydrogen-bond donors (Lipinski definition) is 1. The van der Waals surface area contributed by atoms with Gasteiger partial charge in [-0.15, -0.1) is 0 Å². The lowest BCUT2D eigenvalue weighted by molar-refractivity contribution is 0.178. The van der Waals surface area contributed by atoms with E-state index in [0.717, 1.165) is 60.3 Å². The van der Waals surface area contributed by atoms with Crippen molar-refractivity contribution in [2.75, 3.05) is 32.0 Å². The molecule has 1 saturated heterocycles. The smallest absolute Gasteiger partial charge is 0.173 e. The number of thiocarbonyl (C=S) groups is 1. The van der Waals surface area contributed by atoms with Crippen molar-refractivity contribution in [2.24, 2.45) is 0 Å². The summed E-state index contributed by atoms with van der Waals surface area (Å²) in [6.45, 7) is 5.15. The number of hydrogen-bond acceptors (Lipinski definition) is 2. The molecule has 2 aromatic carbocycles. The summed E-state index contributed by atoms with van der Waals surface area (Å²) in [5.41, 5.74) is 3.28. The van der Waals surface area contributed by atoms with Gasteiger partial charge in [-0.3, -0.25) is 0 Å². The van der Waals surface area contributed by atoms with Crippen LogP contribution in [0, 0.1) is 6.92 Å². The molecule has 2 aromatic rings. The zero-order valence-electron chi connectivity index (χ0n) is 16.1. The summed E-state index contributed by atoms with van der Waals surface area (Å²) in [7, 11) is 2.19. The molecule has 1 heterocycles. The maximum Gasteiger partial charge on any atom is 0.173 e. The molecule has 1 aliphatic heterocycles. The molecule has 3 rings (SSSR count). The zero-order chi connectivity index (χ0) is 19.2. The average molecular weight is 402 g/mol. The maximum absolute atomic E-state index is 6.47. The van der Waals surface area contributed by atoms with Crippen LogP contribution in [-0.4, -0.2) is 47.6 Å². The fourth-order valence-corrected chi connectivity index (χ4v) is 4.11. The van der Waals surface area contributed by atoms with Crippen molar-refractivity contribution in [2.45, 2.75) is 32.2 Å². The van der Waals surface area contributed by atoms with Crippen molar-refractivity contribution in [3.8, 4) is 0 Å². The number of nitrogens with zero attached hydrogens (tertiary/aromatic N) is 2. The number of halogens is 1. The average Bonchev–Trinajstić information content (AvgIpc) is 2.68. The Morgan fingerprint density at radius 3 is 2.56 bits per heavy atom. The third kappa shape index (κ3) is 5.44. The molecular formula is C22H28ClN3S. The Labute approximate surface area is 173 Å². The molecular weight excluding hydrogens is 374 g/mol. The molecule has 27 heavy (non-hydrogen) atoms. The SMILES string of the molecule is Cc1cccc(NC(=S)N(CCc2ccccc2)C2CCN(C)CC2)c1Cl. The van der Waals surface area contributed by atoms with E-state index in [4.69, 9.17) is 23.8 Å². The predicted molar refractivity (Wildman–Crippen MR) is 120 cm³/mol. The van der Waals surface area contributed by atoms with Crippen molar-refractivity contribution < 1.29 is 0 Å². The van der Waals surface area contributed by atoms with Gasteiger partial charge in [0.1, 0.15) is 0 Å². The van der Waals surface area contributed by atoms with E-state index in [1.54, 1.807) is 0 Å². The first-order chi connectivity index (χ1) is 13.0. The highest BCUT2D eigenvalue weighted by Crippen LogP contribution is 2.26. The van der Waals surface area contributed by atoms with Gasteiger partial charge in [0, 0.05) is 12.6 Å². The summed E-state index contributed by atoms with van der Waals surface area (Å²) in [6.07, 6.45) is 3.25. The second-order valence-electron chi connectivity index (χ2n) is 7.33.